The molecule has 4 rings (SSSR count). The van der Waals surface area contributed by atoms with Gasteiger partial charge in [-0.2, -0.15) is 0 Å². The first-order chi connectivity index (χ1) is 20.0. The maximum Gasteiger partial charge on any atom is 0.314 e. The smallest absolute Gasteiger partial charge is 0.314 e. The van der Waals surface area contributed by atoms with Crippen molar-refractivity contribution in [3.8, 4) is 0 Å². The average molecular weight is 601 g/mol. The summed E-state index contributed by atoms with van der Waals surface area (Å²) in [6.45, 7) is 0.722. The van der Waals surface area contributed by atoms with Crippen molar-refractivity contribution in [3.63, 3.8) is 0 Å². The van der Waals surface area contributed by atoms with E-state index >= 15 is 0 Å². The summed E-state index contributed by atoms with van der Waals surface area (Å²) < 4.78 is 13.2. The minimum Gasteiger partial charge on any atom is -0.351 e. The molecule has 11 nitrogen and oxygen atoms in total. The Balaban J connectivity index is 1.37. The van der Waals surface area contributed by atoms with Crippen molar-refractivity contribution in [2.24, 2.45) is 11.8 Å². The minimum absolute atomic E-state index is 0.0711. The fourth-order valence-electron chi connectivity index (χ4n) is 5.37. The lowest BCUT2D eigenvalue weighted by atomic mass is 9.81. The highest BCUT2D eigenvalue weighted by Gasteiger charge is 2.38. The van der Waals surface area contributed by atoms with Crippen molar-refractivity contribution < 1.29 is 28.4 Å². The van der Waals surface area contributed by atoms with Crippen molar-refractivity contribution in [3.05, 3.63) is 59.0 Å². The number of hydrogen-bond donors (Lipinski definition) is 3. The summed E-state index contributed by atoms with van der Waals surface area (Å²) in [4.78, 5) is 71.2. The highest BCUT2D eigenvalue weighted by atomic mass is 35.5. The fraction of sp³-hybridized carbons (Fsp3) is 0.448. The van der Waals surface area contributed by atoms with Crippen molar-refractivity contribution in [2.45, 2.75) is 44.2 Å². The number of nitrogens with one attached hydrogen (secondary N) is 3. The zero-order chi connectivity index (χ0) is 30.4. The first kappa shape index (κ1) is 30.9. The van der Waals surface area contributed by atoms with Crippen LogP contribution in [0.2, 0.25) is 5.02 Å². The highest BCUT2D eigenvalue weighted by molar-refractivity contribution is 6.39. The van der Waals surface area contributed by atoms with Crippen LogP contribution in [0.15, 0.2) is 42.6 Å². The van der Waals surface area contributed by atoms with Gasteiger partial charge in [-0.3, -0.25) is 24.0 Å². The number of anilines is 1. The summed E-state index contributed by atoms with van der Waals surface area (Å²) >= 11 is 5.81. The van der Waals surface area contributed by atoms with Crippen LogP contribution in [-0.2, 0) is 19.2 Å². The lowest BCUT2D eigenvalue weighted by molar-refractivity contribution is -0.138. The quantitative estimate of drug-likeness (QED) is 0.434. The van der Waals surface area contributed by atoms with Gasteiger partial charge in [0.25, 0.3) is 5.91 Å². The van der Waals surface area contributed by atoms with Crippen LogP contribution in [0.3, 0.4) is 0 Å². The van der Waals surface area contributed by atoms with Crippen molar-refractivity contribution in [1.82, 2.24) is 25.4 Å². The Hall–Kier alpha value is -4.06. The van der Waals surface area contributed by atoms with E-state index in [1.165, 1.54) is 47.5 Å². The number of amides is 5. The molecule has 2 fully saturated rings. The van der Waals surface area contributed by atoms with Gasteiger partial charge in [0, 0.05) is 62.9 Å². The second-order valence-corrected chi connectivity index (χ2v) is 11.3. The maximum atomic E-state index is 13.3. The molecular formula is C29H34ClFN6O5. The summed E-state index contributed by atoms with van der Waals surface area (Å²) in [6, 6.07) is 7.18. The number of benzene rings is 1. The summed E-state index contributed by atoms with van der Waals surface area (Å²) in [5.41, 5.74) is 0.382. The summed E-state index contributed by atoms with van der Waals surface area (Å²) in [5, 5.41) is 8.53. The molecule has 1 aliphatic carbocycles. The topological polar surface area (TPSA) is 141 Å². The molecule has 2 aliphatic rings. The molecule has 0 bridgehead atoms. The van der Waals surface area contributed by atoms with Gasteiger partial charge in [0.1, 0.15) is 11.6 Å². The van der Waals surface area contributed by atoms with Gasteiger partial charge >= 0.3 is 11.8 Å². The predicted octanol–water partition coefficient (Wildman–Crippen LogP) is 2.22. The summed E-state index contributed by atoms with van der Waals surface area (Å²) in [6.07, 6.45) is 3.37. The molecule has 1 saturated carbocycles. The highest BCUT2D eigenvalue weighted by Crippen LogP contribution is 2.28. The Kier molecular flexibility index (Phi) is 10.1. The molecule has 0 radical (unpaired) electrons. The van der Waals surface area contributed by atoms with Crippen LogP contribution < -0.4 is 16.0 Å². The predicted molar refractivity (Wildman–Crippen MR) is 153 cm³/mol. The van der Waals surface area contributed by atoms with Gasteiger partial charge in [-0.25, -0.2) is 9.37 Å². The molecule has 3 N–H and O–H groups in total. The number of nitrogens with zero attached hydrogens (tertiary/aromatic N) is 3. The summed E-state index contributed by atoms with van der Waals surface area (Å²) in [7, 11) is 3.33. The van der Waals surface area contributed by atoms with E-state index in [1.54, 1.807) is 19.0 Å². The number of likely N-dealkylation sites (tertiary alicyclic amines) is 1. The molecule has 1 aliphatic heterocycles. The number of piperidine rings is 1. The van der Waals surface area contributed by atoms with Gasteiger partial charge in [-0.15, -0.1) is 0 Å². The molecule has 1 aromatic heterocycles. The minimum atomic E-state index is -0.917. The molecule has 1 saturated heterocycles. The van der Waals surface area contributed by atoms with Gasteiger partial charge in [-0.05, 0) is 68.5 Å². The van der Waals surface area contributed by atoms with Gasteiger partial charge < -0.3 is 25.8 Å². The molecule has 0 spiro atoms. The molecular weight excluding hydrogens is 567 g/mol. The van der Waals surface area contributed by atoms with Gasteiger partial charge in [0.05, 0.1) is 5.02 Å². The third-order valence-corrected chi connectivity index (χ3v) is 7.93. The SMILES string of the molecule is CN(C)C(=O)[C@H]1CC[C@H](NC(=O)C(=O)Nc2ccc(Cl)cn2)[C@H](NC(=O)C2CCN(C(=O)c3ccc(F)cc3)CC2)C1. The monoisotopic (exact) mass is 600 g/mol. The molecule has 42 heavy (non-hydrogen) atoms. The van der Waals surface area contributed by atoms with Crippen LogP contribution in [0.1, 0.15) is 42.5 Å². The third kappa shape index (κ3) is 7.81. The molecule has 0 unspecified atom stereocenters. The Labute approximate surface area is 248 Å². The molecule has 224 valence electrons. The molecule has 1 aromatic carbocycles. The molecule has 2 heterocycles. The first-order valence-corrected chi connectivity index (χ1v) is 14.2. The Morgan fingerprint density at radius 3 is 2.19 bits per heavy atom. The lowest BCUT2D eigenvalue weighted by Gasteiger charge is -2.38. The van der Waals surface area contributed by atoms with Crippen molar-refractivity contribution >= 4 is 47.0 Å². The number of carbonyl (C=O) groups is 5. The zero-order valence-corrected chi connectivity index (χ0v) is 24.2. The van der Waals surface area contributed by atoms with Crippen LogP contribution in [0.5, 0.6) is 0 Å². The Bertz CT molecular complexity index is 1310. The number of pyridine rings is 1. The Morgan fingerprint density at radius 2 is 1.57 bits per heavy atom. The van der Waals surface area contributed by atoms with Crippen molar-refractivity contribution in [2.75, 3.05) is 32.5 Å². The molecule has 13 heteroatoms. The Morgan fingerprint density at radius 1 is 0.881 bits per heavy atom. The van der Waals surface area contributed by atoms with E-state index in [9.17, 15) is 28.4 Å². The van der Waals surface area contributed by atoms with E-state index in [0.29, 0.717) is 55.8 Å². The van der Waals surface area contributed by atoms with E-state index < -0.39 is 29.7 Å². The largest absolute Gasteiger partial charge is 0.351 e. The van der Waals surface area contributed by atoms with E-state index in [-0.39, 0.29) is 35.4 Å². The summed E-state index contributed by atoms with van der Waals surface area (Å²) in [5.74, 6) is -3.31. The standard InChI is InChI=1S/C29H34ClFN6O5/c1-36(2)28(41)19-5-9-22(33-26(39)27(40)35-24-10-6-20(30)16-32-24)23(15-19)34-25(38)17-11-13-37(14-12-17)29(42)18-3-7-21(31)8-4-18/h3-4,6-8,10,16-17,19,22-23H,5,9,11-15H2,1-2H3,(H,33,39)(H,34,38)(H,32,35,40)/t19-,22-,23+/m0/s1. The molecule has 3 atom stereocenters. The van der Waals surface area contributed by atoms with Gasteiger partial charge in [0.2, 0.25) is 11.8 Å². The van der Waals surface area contributed by atoms with E-state index in [1.807, 2.05) is 0 Å². The van der Waals surface area contributed by atoms with Crippen molar-refractivity contribution in [1.29, 1.82) is 0 Å². The van der Waals surface area contributed by atoms with Gasteiger partial charge in [0.15, 0.2) is 0 Å². The molecule has 5 amide bonds. The number of rotatable bonds is 6. The van der Waals surface area contributed by atoms with E-state index in [4.69, 9.17) is 11.6 Å². The van der Waals surface area contributed by atoms with Crippen LogP contribution in [-0.4, -0.2) is 83.6 Å². The van der Waals surface area contributed by atoms with Crippen LogP contribution >= 0.6 is 11.6 Å². The van der Waals surface area contributed by atoms with Gasteiger partial charge in [-0.1, -0.05) is 11.6 Å². The lowest BCUT2D eigenvalue weighted by Crippen LogP contribution is -2.58. The number of hydrogen-bond acceptors (Lipinski definition) is 6. The zero-order valence-electron chi connectivity index (χ0n) is 23.4. The number of carbonyl (C=O) groups excluding carboxylic acids is 5. The van der Waals surface area contributed by atoms with Crippen LogP contribution in [0.4, 0.5) is 10.2 Å². The average Bonchev–Trinajstić information content (AvgIpc) is 2.98. The second-order valence-electron chi connectivity index (χ2n) is 10.8. The van der Waals surface area contributed by atoms with Crippen LogP contribution in [0.25, 0.3) is 0 Å². The molecule has 2 aromatic rings. The third-order valence-electron chi connectivity index (χ3n) is 7.70. The normalized spacial score (nSPS) is 20.8. The van der Waals surface area contributed by atoms with Crippen LogP contribution in [0, 0.1) is 17.7 Å². The number of aromatic nitrogens is 1. The fourth-order valence-corrected chi connectivity index (χ4v) is 5.48. The first-order valence-electron chi connectivity index (χ1n) is 13.8. The van der Waals surface area contributed by atoms with E-state index in [2.05, 4.69) is 20.9 Å². The number of halogens is 2. The maximum absolute atomic E-state index is 13.3. The van der Waals surface area contributed by atoms with E-state index in [0.717, 1.165) is 0 Å². The second kappa shape index (κ2) is 13.7.